The minimum absolute atomic E-state index is 0.0322. The molecule has 1 saturated heterocycles. The molecule has 1 unspecified atom stereocenters. The van der Waals surface area contributed by atoms with Gasteiger partial charge >= 0.3 is 5.97 Å². The number of esters is 1. The molecule has 0 N–H and O–H groups in total. The Bertz CT molecular complexity index is 865. The number of ether oxygens (including phenoxy) is 3. The molecule has 1 fully saturated rings. The second-order valence-corrected chi connectivity index (χ2v) is 6.53. The zero-order valence-corrected chi connectivity index (χ0v) is 14.6. The van der Waals surface area contributed by atoms with Crippen molar-refractivity contribution in [1.82, 2.24) is 0 Å². The molecule has 1 heterocycles. The third kappa shape index (κ3) is 2.93. The van der Waals surface area contributed by atoms with Gasteiger partial charge in [0.05, 0.1) is 19.3 Å². The van der Waals surface area contributed by atoms with Crippen molar-refractivity contribution in [3.8, 4) is 11.1 Å². The lowest BCUT2D eigenvalue weighted by Crippen LogP contribution is -2.22. The number of methoxy groups -OCH3 is 1. The molecule has 2 aliphatic rings. The van der Waals surface area contributed by atoms with Crippen molar-refractivity contribution in [2.45, 2.75) is 32.2 Å². The predicted octanol–water partition coefficient (Wildman–Crippen LogP) is 3.73. The number of hydrogen-bond acceptors (Lipinski definition) is 5. The Morgan fingerprint density at radius 1 is 1.15 bits per heavy atom. The number of fused-ring (bicyclic) bond motifs is 3. The van der Waals surface area contributed by atoms with Gasteiger partial charge in [0.25, 0.3) is 0 Å². The molecule has 0 bridgehead atoms. The maximum atomic E-state index is 12.9. The summed E-state index contributed by atoms with van der Waals surface area (Å²) in [6.45, 7) is 0.910. The average Bonchev–Trinajstić information content (AvgIpc) is 2.99. The summed E-state index contributed by atoms with van der Waals surface area (Å²) in [6, 6.07) is 10.9. The highest BCUT2D eigenvalue weighted by Gasteiger charge is 2.31. The van der Waals surface area contributed by atoms with Gasteiger partial charge in [0, 0.05) is 17.7 Å². The van der Waals surface area contributed by atoms with E-state index in [1.165, 1.54) is 7.11 Å². The van der Waals surface area contributed by atoms with Crippen molar-refractivity contribution in [2.75, 3.05) is 13.7 Å². The number of rotatable bonds is 4. The summed E-state index contributed by atoms with van der Waals surface area (Å²) in [5.74, 6) is -0.463. The summed E-state index contributed by atoms with van der Waals surface area (Å²) in [7, 11) is 1.35. The van der Waals surface area contributed by atoms with Crippen LogP contribution in [-0.4, -0.2) is 31.8 Å². The van der Waals surface area contributed by atoms with Gasteiger partial charge in [-0.15, -0.1) is 0 Å². The van der Waals surface area contributed by atoms with Crippen LogP contribution in [-0.2, 0) is 20.8 Å². The Morgan fingerprint density at radius 3 is 2.69 bits per heavy atom. The number of carbonyl (C=O) groups is 2. The fourth-order valence-corrected chi connectivity index (χ4v) is 3.61. The van der Waals surface area contributed by atoms with Gasteiger partial charge in [0.2, 0.25) is 0 Å². The lowest BCUT2D eigenvalue weighted by atomic mass is 9.97. The van der Waals surface area contributed by atoms with Crippen molar-refractivity contribution in [3.05, 3.63) is 58.7 Å². The fraction of sp³-hybridized carbons (Fsp3) is 0.333. The monoisotopic (exact) mass is 352 g/mol. The van der Waals surface area contributed by atoms with E-state index in [-0.39, 0.29) is 18.7 Å². The summed E-state index contributed by atoms with van der Waals surface area (Å²) in [4.78, 5) is 25.0. The van der Waals surface area contributed by atoms with Crippen LogP contribution in [0.4, 0.5) is 0 Å². The number of hydrogen-bond donors (Lipinski definition) is 0. The van der Waals surface area contributed by atoms with Crippen LogP contribution < -0.4 is 0 Å². The van der Waals surface area contributed by atoms with Crippen molar-refractivity contribution in [3.63, 3.8) is 0 Å². The van der Waals surface area contributed by atoms with E-state index in [1.807, 2.05) is 24.3 Å². The van der Waals surface area contributed by atoms with Gasteiger partial charge in [0.1, 0.15) is 0 Å². The molecule has 1 aliphatic carbocycles. The Hall–Kier alpha value is -2.50. The maximum Gasteiger partial charge on any atom is 0.337 e. The summed E-state index contributed by atoms with van der Waals surface area (Å²) < 4.78 is 16.4. The minimum Gasteiger partial charge on any atom is -0.465 e. The minimum atomic E-state index is -0.431. The highest BCUT2D eigenvalue weighted by atomic mass is 16.7. The molecule has 0 aromatic heterocycles. The first kappa shape index (κ1) is 16.9. The maximum absolute atomic E-state index is 12.9. The molecule has 5 heteroatoms. The van der Waals surface area contributed by atoms with Crippen LogP contribution in [0.3, 0.4) is 0 Å². The Balaban J connectivity index is 1.73. The molecule has 2 aromatic carbocycles. The fourth-order valence-electron chi connectivity index (χ4n) is 3.61. The van der Waals surface area contributed by atoms with Crippen molar-refractivity contribution in [2.24, 2.45) is 0 Å². The molecular weight excluding hydrogens is 332 g/mol. The van der Waals surface area contributed by atoms with Gasteiger partial charge in [-0.25, -0.2) is 4.79 Å². The molecule has 1 aliphatic heterocycles. The van der Waals surface area contributed by atoms with Crippen LogP contribution in [0, 0.1) is 0 Å². The smallest absolute Gasteiger partial charge is 0.337 e. The van der Waals surface area contributed by atoms with E-state index in [9.17, 15) is 9.59 Å². The van der Waals surface area contributed by atoms with Crippen LogP contribution >= 0.6 is 0 Å². The summed E-state index contributed by atoms with van der Waals surface area (Å²) >= 11 is 0. The molecule has 1 atom stereocenters. The standard InChI is InChI=1S/C21H20O5/c1-24-21(23)13-10-14(12-26-18-8-4-5-9-25-18)19-17(11-13)15-6-2-3-7-16(15)20(19)22/h2-3,6-7,10-11,18H,4-5,8-9,12H2,1H3. The zero-order valence-electron chi connectivity index (χ0n) is 14.6. The first-order chi connectivity index (χ1) is 12.7. The van der Waals surface area contributed by atoms with E-state index < -0.39 is 5.97 Å². The number of carbonyl (C=O) groups excluding carboxylic acids is 2. The van der Waals surface area contributed by atoms with Crippen LogP contribution in [0.2, 0.25) is 0 Å². The molecule has 2 aromatic rings. The predicted molar refractivity (Wildman–Crippen MR) is 95.0 cm³/mol. The summed E-state index contributed by atoms with van der Waals surface area (Å²) in [6.07, 6.45) is 2.68. The Labute approximate surface area is 151 Å². The highest BCUT2D eigenvalue weighted by molar-refractivity contribution is 6.23. The van der Waals surface area contributed by atoms with Gasteiger partial charge in [-0.3, -0.25) is 4.79 Å². The topological polar surface area (TPSA) is 61.8 Å². The zero-order chi connectivity index (χ0) is 18.1. The van der Waals surface area contributed by atoms with Crippen molar-refractivity contribution >= 4 is 11.8 Å². The van der Waals surface area contributed by atoms with Gasteiger partial charge in [-0.05, 0) is 48.1 Å². The summed E-state index contributed by atoms with van der Waals surface area (Å²) in [5, 5.41) is 0. The van der Waals surface area contributed by atoms with E-state index >= 15 is 0 Å². The first-order valence-corrected chi connectivity index (χ1v) is 8.81. The lowest BCUT2D eigenvalue weighted by molar-refractivity contribution is -0.168. The Morgan fingerprint density at radius 2 is 1.96 bits per heavy atom. The van der Waals surface area contributed by atoms with Crippen LogP contribution in [0.25, 0.3) is 11.1 Å². The van der Waals surface area contributed by atoms with E-state index in [0.29, 0.717) is 28.9 Å². The molecule has 4 rings (SSSR count). The van der Waals surface area contributed by atoms with Gasteiger partial charge in [-0.2, -0.15) is 0 Å². The first-order valence-electron chi connectivity index (χ1n) is 8.81. The SMILES string of the molecule is COC(=O)c1cc(COC2CCCCO2)c2c(c1)-c1ccccc1C2=O. The average molecular weight is 352 g/mol. The molecular formula is C21H20O5. The largest absolute Gasteiger partial charge is 0.465 e. The molecule has 5 nitrogen and oxygen atoms in total. The van der Waals surface area contributed by atoms with E-state index in [1.54, 1.807) is 12.1 Å². The Kier molecular flexibility index (Phi) is 4.57. The van der Waals surface area contributed by atoms with Gasteiger partial charge in [-0.1, -0.05) is 24.3 Å². The van der Waals surface area contributed by atoms with Crippen molar-refractivity contribution in [1.29, 1.82) is 0 Å². The normalized spacial score (nSPS) is 18.3. The molecule has 0 spiro atoms. The van der Waals surface area contributed by atoms with Gasteiger partial charge in [0.15, 0.2) is 12.1 Å². The molecule has 26 heavy (non-hydrogen) atoms. The molecule has 0 radical (unpaired) electrons. The number of ketones is 1. The van der Waals surface area contributed by atoms with Crippen LogP contribution in [0.1, 0.15) is 51.1 Å². The second kappa shape index (κ2) is 7.02. The molecule has 134 valence electrons. The third-order valence-electron chi connectivity index (χ3n) is 4.89. The van der Waals surface area contributed by atoms with E-state index in [4.69, 9.17) is 14.2 Å². The molecule has 0 amide bonds. The second-order valence-electron chi connectivity index (χ2n) is 6.53. The molecule has 0 saturated carbocycles. The lowest BCUT2D eigenvalue weighted by Gasteiger charge is -2.23. The van der Waals surface area contributed by atoms with Crippen LogP contribution in [0.5, 0.6) is 0 Å². The van der Waals surface area contributed by atoms with E-state index in [2.05, 4.69) is 0 Å². The number of benzene rings is 2. The summed E-state index contributed by atoms with van der Waals surface area (Å²) in [5.41, 5.74) is 3.97. The third-order valence-corrected chi connectivity index (χ3v) is 4.89. The van der Waals surface area contributed by atoms with Crippen molar-refractivity contribution < 1.29 is 23.8 Å². The highest BCUT2D eigenvalue weighted by Crippen LogP contribution is 2.39. The van der Waals surface area contributed by atoms with Gasteiger partial charge < -0.3 is 14.2 Å². The van der Waals surface area contributed by atoms with E-state index in [0.717, 1.165) is 30.4 Å². The quantitative estimate of drug-likeness (QED) is 0.670. The van der Waals surface area contributed by atoms with Crippen LogP contribution in [0.15, 0.2) is 36.4 Å².